The zero-order valence-corrected chi connectivity index (χ0v) is 16.7. The minimum atomic E-state index is -3.31. The van der Waals surface area contributed by atoms with Gasteiger partial charge in [-0.25, -0.2) is 12.8 Å². The third-order valence-electron chi connectivity index (χ3n) is 4.20. The lowest BCUT2D eigenvalue weighted by Gasteiger charge is -2.17. The lowest BCUT2D eigenvalue weighted by Crippen LogP contribution is -2.26. The van der Waals surface area contributed by atoms with Gasteiger partial charge in [-0.3, -0.25) is 4.79 Å². The molecule has 1 aromatic heterocycles. The summed E-state index contributed by atoms with van der Waals surface area (Å²) >= 11 is 1.21. The number of anilines is 1. The number of nitrogens with zero attached hydrogens (tertiary/aromatic N) is 1. The van der Waals surface area contributed by atoms with Crippen LogP contribution in [-0.2, 0) is 21.2 Å². The average Bonchev–Trinajstić information content (AvgIpc) is 3.00. The summed E-state index contributed by atoms with van der Waals surface area (Å²) in [6, 6.07) is 10.8. The number of thiophene rings is 1. The summed E-state index contributed by atoms with van der Waals surface area (Å²) in [5.41, 5.74) is 1.05. The molecular formula is C19H18FNO4S2. The molecule has 0 N–H and O–H groups in total. The lowest BCUT2D eigenvalue weighted by atomic mass is 10.1. The van der Waals surface area contributed by atoms with Crippen LogP contribution in [0, 0.1) is 5.82 Å². The first kappa shape index (κ1) is 19.5. The van der Waals surface area contributed by atoms with Crippen molar-refractivity contribution in [3.8, 4) is 0 Å². The Hall–Kier alpha value is -2.29. The Balaban J connectivity index is 2.02. The second-order valence-corrected chi connectivity index (χ2v) is 9.15. The highest BCUT2D eigenvalue weighted by Gasteiger charge is 2.24. The SMILES string of the molecule is COCc1c(C(=O)N(C)c2ccc(S(C)(=O)=O)cc2)sc2cccc(F)c12. The molecule has 0 atom stereocenters. The van der Waals surface area contributed by atoms with Crippen molar-refractivity contribution in [2.24, 2.45) is 0 Å². The van der Waals surface area contributed by atoms with E-state index in [0.29, 0.717) is 26.2 Å². The maximum absolute atomic E-state index is 14.3. The van der Waals surface area contributed by atoms with Gasteiger partial charge in [0.25, 0.3) is 5.91 Å². The van der Waals surface area contributed by atoms with Gasteiger partial charge in [-0.2, -0.15) is 0 Å². The van der Waals surface area contributed by atoms with Crippen LogP contribution in [0.3, 0.4) is 0 Å². The summed E-state index contributed by atoms with van der Waals surface area (Å²) in [7, 11) is -0.229. The standard InChI is InChI=1S/C19H18FNO4S2/c1-21(12-7-9-13(10-8-12)27(3,23)24)19(22)18-14(11-25-2)17-15(20)5-4-6-16(17)26-18/h4-10H,11H2,1-3H3. The van der Waals surface area contributed by atoms with E-state index in [1.807, 2.05) is 0 Å². The minimum absolute atomic E-state index is 0.114. The number of carbonyl (C=O) groups is 1. The molecule has 27 heavy (non-hydrogen) atoms. The summed E-state index contributed by atoms with van der Waals surface area (Å²) in [6.45, 7) is 0.114. The first-order valence-corrected chi connectivity index (χ1v) is 10.7. The molecule has 3 aromatic rings. The van der Waals surface area contributed by atoms with E-state index >= 15 is 0 Å². The van der Waals surface area contributed by atoms with E-state index < -0.39 is 15.7 Å². The molecular weight excluding hydrogens is 389 g/mol. The second kappa shape index (κ2) is 7.38. The van der Waals surface area contributed by atoms with Gasteiger partial charge >= 0.3 is 0 Å². The molecule has 0 aliphatic rings. The number of hydrogen-bond donors (Lipinski definition) is 0. The van der Waals surface area contributed by atoms with Crippen molar-refractivity contribution in [1.82, 2.24) is 0 Å². The zero-order valence-electron chi connectivity index (χ0n) is 15.0. The Kier molecular flexibility index (Phi) is 5.32. The fourth-order valence-electron chi connectivity index (χ4n) is 2.81. The van der Waals surface area contributed by atoms with E-state index in [9.17, 15) is 17.6 Å². The molecule has 0 aliphatic carbocycles. The van der Waals surface area contributed by atoms with Crippen LogP contribution in [0.1, 0.15) is 15.2 Å². The van der Waals surface area contributed by atoms with Crippen molar-refractivity contribution < 1.29 is 22.3 Å². The van der Waals surface area contributed by atoms with Crippen LogP contribution in [0.15, 0.2) is 47.4 Å². The van der Waals surface area contributed by atoms with Gasteiger partial charge < -0.3 is 9.64 Å². The highest BCUT2D eigenvalue weighted by atomic mass is 32.2. The van der Waals surface area contributed by atoms with Crippen LogP contribution in [-0.4, -0.2) is 34.7 Å². The van der Waals surface area contributed by atoms with E-state index in [4.69, 9.17) is 4.74 Å². The Labute approximate surface area is 160 Å². The smallest absolute Gasteiger partial charge is 0.268 e. The fraction of sp³-hybridized carbons (Fsp3) is 0.211. The summed E-state index contributed by atoms with van der Waals surface area (Å²) in [4.78, 5) is 15.0. The highest BCUT2D eigenvalue weighted by molar-refractivity contribution is 7.90. The van der Waals surface area contributed by atoms with Crippen LogP contribution >= 0.6 is 11.3 Å². The molecule has 142 valence electrons. The summed E-state index contributed by atoms with van der Waals surface area (Å²) in [5, 5.41) is 0.397. The van der Waals surface area contributed by atoms with Crippen LogP contribution in [0.2, 0.25) is 0 Å². The van der Waals surface area contributed by atoms with E-state index in [-0.39, 0.29) is 17.4 Å². The van der Waals surface area contributed by atoms with Crippen molar-refractivity contribution in [1.29, 1.82) is 0 Å². The molecule has 3 rings (SSSR count). The number of rotatable bonds is 5. The van der Waals surface area contributed by atoms with Gasteiger partial charge in [0.05, 0.1) is 16.4 Å². The van der Waals surface area contributed by atoms with Gasteiger partial charge in [0.15, 0.2) is 9.84 Å². The number of halogens is 1. The molecule has 0 aliphatic heterocycles. The first-order chi connectivity index (χ1) is 12.7. The molecule has 0 saturated heterocycles. The Bertz CT molecular complexity index is 1100. The maximum Gasteiger partial charge on any atom is 0.268 e. The minimum Gasteiger partial charge on any atom is -0.380 e. The lowest BCUT2D eigenvalue weighted by molar-refractivity contribution is 0.0992. The summed E-state index contributed by atoms with van der Waals surface area (Å²) in [6.07, 6.45) is 1.12. The maximum atomic E-state index is 14.3. The molecule has 2 aromatic carbocycles. The third kappa shape index (κ3) is 3.73. The molecule has 0 radical (unpaired) electrons. The van der Waals surface area contributed by atoms with Crippen molar-refractivity contribution in [2.75, 3.05) is 25.3 Å². The predicted octanol–water partition coefficient (Wildman–Crippen LogP) is 3.87. The molecule has 0 spiro atoms. The van der Waals surface area contributed by atoms with Crippen LogP contribution in [0.25, 0.3) is 10.1 Å². The molecule has 0 fully saturated rings. The van der Waals surface area contributed by atoms with Crippen molar-refractivity contribution in [3.63, 3.8) is 0 Å². The summed E-state index contributed by atoms with van der Waals surface area (Å²) in [5.74, 6) is -0.704. The molecule has 1 amide bonds. The molecule has 8 heteroatoms. The number of methoxy groups -OCH3 is 1. The highest BCUT2D eigenvalue weighted by Crippen LogP contribution is 2.35. The molecule has 5 nitrogen and oxygen atoms in total. The average molecular weight is 407 g/mol. The molecule has 1 heterocycles. The number of hydrogen-bond acceptors (Lipinski definition) is 5. The normalized spacial score (nSPS) is 11.7. The largest absolute Gasteiger partial charge is 0.380 e. The van der Waals surface area contributed by atoms with Crippen molar-refractivity contribution in [2.45, 2.75) is 11.5 Å². The Morgan fingerprint density at radius 1 is 1.19 bits per heavy atom. The molecule has 0 saturated carbocycles. The molecule has 0 bridgehead atoms. The van der Waals surface area contributed by atoms with Gasteiger partial charge in [-0.05, 0) is 36.4 Å². The number of sulfone groups is 1. The first-order valence-electron chi connectivity index (χ1n) is 8.01. The molecule has 0 unspecified atom stereocenters. The number of benzene rings is 2. The topological polar surface area (TPSA) is 63.7 Å². The monoisotopic (exact) mass is 407 g/mol. The number of carbonyl (C=O) groups excluding carboxylic acids is 1. The summed E-state index contributed by atoms with van der Waals surface area (Å²) < 4.78 is 43.3. The Morgan fingerprint density at radius 2 is 1.85 bits per heavy atom. The fourth-order valence-corrected chi connectivity index (χ4v) is 4.64. The van der Waals surface area contributed by atoms with Crippen molar-refractivity contribution in [3.05, 3.63) is 58.7 Å². The van der Waals surface area contributed by atoms with E-state index in [0.717, 1.165) is 6.26 Å². The van der Waals surface area contributed by atoms with Gasteiger partial charge in [0, 0.05) is 41.8 Å². The predicted molar refractivity (Wildman–Crippen MR) is 105 cm³/mol. The van der Waals surface area contributed by atoms with Gasteiger partial charge in [0.1, 0.15) is 5.82 Å². The van der Waals surface area contributed by atoms with Gasteiger partial charge in [-0.15, -0.1) is 11.3 Å². The Morgan fingerprint density at radius 3 is 2.44 bits per heavy atom. The van der Waals surface area contributed by atoms with E-state index in [2.05, 4.69) is 0 Å². The number of amides is 1. The van der Waals surface area contributed by atoms with Crippen LogP contribution in [0.5, 0.6) is 0 Å². The van der Waals surface area contributed by atoms with Crippen molar-refractivity contribution >= 4 is 42.9 Å². The zero-order chi connectivity index (χ0) is 19.8. The number of fused-ring (bicyclic) bond motifs is 1. The third-order valence-corrected chi connectivity index (χ3v) is 6.52. The number of ether oxygens (including phenoxy) is 1. The quantitative estimate of drug-likeness (QED) is 0.644. The van der Waals surface area contributed by atoms with E-state index in [1.165, 1.54) is 41.5 Å². The van der Waals surface area contributed by atoms with Crippen LogP contribution < -0.4 is 4.90 Å². The van der Waals surface area contributed by atoms with Gasteiger partial charge in [-0.1, -0.05) is 6.07 Å². The second-order valence-electron chi connectivity index (χ2n) is 6.09. The van der Waals surface area contributed by atoms with Crippen LogP contribution in [0.4, 0.5) is 10.1 Å². The van der Waals surface area contributed by atoms with Gasteiger partial charge in [0.2, 0.25) is 0 Å². The van der Waals surface area contributed by atoms with E-state index in [1.54, 1.807) is 31.3 Å².